The summed E-state index contributed by atoms with van der Waals surface area (Å²) < 4.78 is 1.69. The molecule has 1 amide bonds. The van der Waals surface area contributed by atoms with Gasteiger partial charge in [0.15, 0.2) is 0 Å². The van der Waals surface area contributed by atoms with E-state index in [2.05, 4.69) is 6.92 Å². The Morgan fingerprint density at radius 1 is 1.06 bits per heavy atom. The Kier molecular flexibility index (Phi) is 7.61. The minimum absolute atomic E-state index is 0.102. The summed E-state index contributed by atoms with van der Waals surface area (Å²) in [5.41, 5.74) is 2.41. The molecular formula is C26H33N3O2. The highest BCUT2D eigenvalue weighted by atomic mass is 16.2. The molecule has 0 saturated carbocycles. The van der Waals surface area contributed by atoms with Gasteiger partial charge in [0.25, 0.3) is 5.56 Å². The number of para-hydroxylation sites is 1. The van der Waals surface area contributed by atoms with E-state index >= 15 is 0 Å². The van der Waals surface area contributed by atoms with Crippen molar-refractivity contribution in [3.05, 3.63) is 70.3 Å². The molecule has 1 unspecified atom stereocenters. The van der Waals surface area contributed by atoms with Crippen LogP contribution in [0.15, 0.2) is 53.3 Å². The third-order valence-corrected chi connectivity index (χ3v) is 5.69. The fraction of sp³-hybridized carbons (Fsp3) is 0.423. The van der Waals surface area contributed by atoms with Gasteiger partial charge in [-0.15, -0.1) is 0 Å². The summed E-state index contributed by atoms with van der Waals surface area (Å²) in [6.45, 7) is 8.84. The first-order chi connectivity index (χ1) is 15.0. The standard InChI is InChI=1S/C26H33N3O2/c1-5-7-10-17-28(24(30)12-6-2)20(4)25-27-23-16-9-8-15-22(23)26(31)29(25)21-14-11-13-19(3)18-21/h8-9,11,13-16,18,20H,5-7,10,12,17H2,1-4H3. The summed E-state index contributed by atoms with van der Waals surface area (Å²) in [5, 5.41) is 0.581. The second kappa shape index (κ2) is 10.4. The van der Waals surface area contributed by atoms with E-state index in [1.54, 1.807) is 4.57 Å². The fourth-order valence-corrected chi connectivity index (χ4v) is 4.01. The van der Waals surface area contributed by atoms with E-state index in [1.165, 1.54) is 0 Å². The molecule has 2 aromatic carbocycles. The molecule has 0 aliphatic heterocycles. The number of nitrogens with zero attached hydrogens (tertiary/aromatic N) is 3. The Bertz CT molecular complexity index is 1100. The second-order valence-corrected chi connectivity index (χ2v) is 8.19. The van der Waals surface area contributed by atoms with Gasteiger partial charge in [-0.3, -0.25) is 14.2 Å². The molecule has 0 saturated heterocycles. The SMILES string of the molecule is CCCCCN(C(=O)CCC)C(C)c1nc2ccccc2c(=O)n1-c1cccc(C)c1. The molecule has 164 valence electrons. The number of aryl methyl sites for hydroxylation is 1. The predicted octanol–water partition coefficient (Wildman–Crippen LogP) is 5.57. The van der Waals surface area contributed by atoms with E-state index in [0.29, 0.717) is 29.7 Å². The minimum Gasteiger partial charge on any atom is -0.333 e. The Balaban J connectivity index is 2.19. The lowest BCUT2D eigenvalue weighted by Crippen LogP contribution is -2.38. The van der Waals surface area contributed by atoms with Crippen LogP contribution >= 0.6 is 0 Å². The van der Waals surface area contributed by atoms with Crippen molar-refractivity contribution in [3.8, 4) is 5.69 Å². The van der Waals surface area contributed by atoms with Gasteiger partial charge in [-0.1, -0.05) is 51.0 Å². The Labute approximate surface area is 184 Å². The van der Waals surface area contributed by atoms with Crippen molar-refractivity contribution in [2.75, 3.05) is 6.54 Å². The van der Waals surface area contributed by atoms with E-state index in [4.69, 9.17) is 4.98 Å². The van der Waals surface area contributed by atoms with Gasteiger partial charge in [0.05, 0.1) is 22.6 Å². The summed E-state index contributed by atoms with van der Waals surface area (Å²) in [4.78, 5) is 33.4. The molecule has 1 atom stereocenters. The van der Waals surface area contributed by atoms with Crippen LogP contribution in [-0.4, -0.2) is 26.9 Å². The lowest BCUT2D eigenvalue weighted by Gasteiger charge is -2.31. The minimum atomic E-state index is -0.311. The molecule has 0 N–H and O–H groups in total. The highest BCUT2D eigenvalue weighted by Crippen LogP contribution is 2.24. The predicted molar refractivity (Wildman–Crippen MR) is 127 cm³/mol. The van der Waals surface area contributed by atoms with Crippen LogP contribution in [0.25, 0.3) is 16.6 Å². The quantitative estimate of drug-likeness (QED) is 0.426. The number of benzene rings is 2. The monoisotopic (exact) mass is 419 g/mol. The Morgan fingerprint density at radius 2 is 1.84 bits per heavy atom. The van der Waals surface area contributed by atoms with Gasteiger partial charge >= 0.3 is 0 Å². The number of carbonyl (C=O) groups is 1. The van der Waals surface area contributed by atoms with Crippen LogP contribution in [0, 0.1) is 6.92 Å². The zero-order valence-electron chi connectivity index (χ0n) is 19.1. The van der Waals surface area contributed by atoms with E-state index in [-0.39, 0.29) is 17.5 Å². The number of unbranched alkanes of at least 4 members (excludes halogenated alkanes) is 2. The number of amides is 1. The highest BCUT2D eigenvalue weighted by Gasteiger charge is 2.26. The van der Waals surface area contributed by atoms with Crippen LogP contribution in [0.2, 0.25) is 0 Å². The zero-order chi connectivity index (χ0) is 22.4. The molecular weight excluding hydrogens is 386 g/mol. The van der Waals surface area contributed by atoms with Gasteiger partial charge in [0.2, 0.25) is 5.91 Å². The fourth-order valence-electron chi connectivity index (χ4n) is 4.01. The van der Waals surface area contributed by atoms with Crippen LogP contribution < -0.4 is 5.56 Å². The van der Waals surface area contributed by atoms with Crippen LogP contribution in [0.1, 0.15) is 70.3 Å². The topological polar surface area (TPSA) is 55.2 Å². The molecule has 0 spiro atoms. The number of aromatic nitrogens is 2. The maximum absolute atomic E-state index is 13.6. The van der Waals surface area contributed by atoms with E-state index in [1.807, 2.05) is 74.2 Å². The maximum Gasteiger partial charge on any atom is 0.266 e. The molecule has 1 aromatic heterocycles. The molecule has 1 heterocycles. The van der Waals surface area contributed by atoms with Crippen molar-refractivity contribution in [1.29, 1.82) is 0 Å². The number of carbonyl (C=O) groups excluding carboxylic acids is 1. The Morgan fingerprint density at radius 3 is 2.55 bits per heavy atom. The lowest BCUT2D eigenvalue weighted by molar-refractivity contribution is -0.133. The first kappa shape index (κ1) is 22.7. The second-order valence-electron chi connectivity index (χ2n) is 8.19. The van der Waals surface area contributed by atoms with E-state index in [0.717, 1.165) is 36.9 Å². The van der Waals surface area contributed by atoms with Crippen molar-refractivity contribution in [1.82, 2.24) is 14.5 Å². The largest absolute Gasteiger partial charge is 0.333 e. The van der Waals surface area contributed by atoms with Crippen LogP contribution in [0.4, 0.5) is 0 Å². The molecule has 5 nitrogen and oxygen atoms in total. The van der Waals surface area contributed by atoms with Crippen molar-refractivity contribution >= 4 is 16.8 Å². The number of hydrogen-bond donors (Lipinski definition) is 0. The summed E-state index contributed by atoms with van der Waals surface area (Å²) in [6.07, 6.45) is 4.40. The summed E-state index contributed by atoms with van der Waals surface area (Å²) in [6, 6.07) is 15.0. The average Bonchev–Trinajstić information content (AvgIpc) is 2.76. The van der Waals surface area contributed by atoms with Gasteiger partial charge in [-0.25, -0.2) is 4.98 Å². The molecule has 0 aliphatic carbocycles. The number of fused-ring (bicyclic) bond motifs is 1. The summed E-state index contributed by atoms with van der Waals surface area (Å²) >= 11 is 0. The van der Waals surface area contributed by atoms with Crippen LogP contribution in [0.3, 0.4) is 0 Å². The Hall–Kier alpha value is -2.95. The molecule has 0 aliphatic rings. The van der Waals surface area contributed by atoms with Crippen LogP contribution in [-0.2, 0) is 4.79 Å². The smallest absolute Gasteiger partial charge is 0.266 e. The third kappa shape index (κ3) is 5.04. The van der Waals surface area contributed by atoms with Crippen LogP contribution in [0.5, 0.6) is 0 Å². The number of hydrogen-bond acceptors (Lipinski definition) is 3. The van der Waals surface area contributed by atoms with Crippen molar-refractivity contribution < 1.29 is 4.79 Å². The normalized spacial score (nSPS) is 12.1. The molecule has 3 aromatic rings. The first-order valence-corrected chi connectivity index (χ1v) is 11.4. The van der Waals surface area contributed by atoms with Crippen molar-refractivity contribution in [3.63, 3.8) is 0 Å². The van der Waals surface area contributed by atoms with E-state index < -0.39 is 0 Å². The van der Waals surface area contributed by atoms with Gasteiger partial charge in [0.1, 0.15) is 5.82 Å². The molecule has 31 heavy (non-hydrogen) atoms. The molecule has 0 bridgehead atoms. The van der Waals surface area contributed by atoms with Gasteiger partial charge in [-0.05, 0) is 56.5 Å². The number of rotatable bonds is 9. The first-order valence-electron chi connectivity index (χ1n) is 11.4. The third-order valence-electron chi connectivity index (χ3n) is 5.69. The van der Waals surface area contributed by atoms with Crippen molar-refractivity contribution in [2.45, 2.75) is 65.8 Å². The van der Waals surface area contributed by atoms with Gasteiger partial charge in [0, 0.05) is 13.0 Å². The zero-order valence-corrected chi connectivity index (χ0v) is 19.1. The summed E-state index contributed by atoms with van der Waals surface area (Å²) in [5.74, 6) is 0.722. The van der Waals surface area contributed by atoms with Crippen molar-refractivity contribution in [2.24, 2.45) is 0 Å². The molecule has 0 fully saturated rings. The van der Waals surface area contributed by atoms with Gasteiger partial charge in [-0.2, -0.15) is 0 Å². The maximum atomic E-state index is 13.6. The average molecular weight is 420 g/mol. The van der Waals surface area contributed by atoms with Gasteiger partial charge < -0.3 is 4.90 Å². The summed E-state index contributed by atoms with van der Waals surface area (Å²) in [7, 11) is 0. The molecule has 0 radical (unpaired) electrons. The molecule has 3 rings (SSSR count). The van der Waals surface area contributed by atoms with E-state index in [9.17, 15) is 9.59 Å². The highest BCUT2D eigenvalue weighted by molar-refractivity contribution is 5.79. The molecule has 5 heteroatoms. The lowest BCUT2D eigenvalue weighted by atomic mass is 10.1.